The Bertz CT molecular complexity index is 279. The SMILES string of the molecule is CC1(C)CC(NC2CCN3CCC2C3)CCO1. The number of nitrogens with one attached hydrogen (secondary N) is 1. The molecule has 0 aromatic carbocycles. The zero-order valence-electron chi connectivity index (χ0n) is 11.2. The molecule has 3 fully saturated rings. The van der Waals surface area contributed by atoms with E-state index in [9.17, 15) is 0 Å². The minimum absolute atomic E-state index is 0.0757. The summed E-state index contributed by atoms with van der Waals surface area (Å²) in [6.45, 7) is 9.35. The third-order valence-corrected chi connectivity index (χ3v) is 4.78. The number of ether oxygens (including phenoxy) is 1. The van der Waals surface area contributed by atoms with E-state index in [1.54, 1.807) is 0 Å². The standard InChI is InChI=1S/C14H26N2O/c1-14(2)9-12(5-8-17-14)15-13-4-7-16-6-3-11(13)10-16/h11-13,15H,3-10H2,1-2H3. The lowest BCUT2D eigenvalue weighted by Crippen LogP contribution is -2.52. The fraction of sp³-hybridized carbons (Fsp3) is 1.00. The molecule has 3 aliphatic heterocycles. The van der Waals surface area contributed by atoms with Gasteiger partial charge in [-0.15, -0.1) is 0 Å². The Morgan fingerprint density at radius 1 is 1.18 bits per heavy atom. The lowest BCUT2D eigenvalue weighted by atomic mass is 9.89. The van der Waals surface area contributed by atoms with Gasteiger partial charge >= 0.3 is 0 Å². The van der Waals surface area contributed by atoms with Crippen LogP contribution in [0.3, 0.4) is 0 Å². The predicted octanol–water partition coefficient (Wildman–Crippen LogP) is 1.63. The summed E-state index contributed by atoms with van der Waals surface area (Å²) in [6.07, 6.45) is 5.11. The lowest BCUT2D eigenvalue weighted by Gasteiger charge is -2.40. The van der Waals surface area contributed by atoms with Crippen molar-refractivity contribution in [2.45, 2.75) is 57.2 Å². The summed E-state index contributed by atoms with van der Waals surface area (Å²) < 4.78 is 5.80. The van der Waals surface area contributed by atoms with Crippen LogP contribution in [0.15, 0.2) is 0 Å². The second-order valence-corrected chi connectivity index (χ2v) is 6.71. The Hall–Kier alpha value is -0.120. The number of rotatable bonds is 2. The molecule has 0 radical (unpaired) electrons. The Morgan fingerprint density at radius 2 is 2.00 bits per heavy atom. The number of fused-ring (bicyclic) bond motifs is 2. The Kier molecular flexibility index (Phi) is 3.18. The van der Waals surface area contributed by atoms with Crippen LogP contribution in [-0.2, 0) is 4.74 Å². The maximum atomic E-state index is 5.80. The molecule has 0 spiro atoms. The molecule has 4 atom stereocenters. The Labute approximate surface area is 105 Å². The van der Waals surface area contributed by atoms with Crippen LogP contribution in [0.2, 0.25) is 0 Å². The predicted molar refractivity (Wildman–Crippen MR) is 69.1 cm³/mol. The molecule has 3 heterocycles. The highest BCUT2D eigenvalue weighted by Gasteiger charge is 2.37. The topological polar surface area (TPSA) is 24.5 Å². The smallest absolute Gasteiger partial charge is 0.0641 e. The van der Waals surface area contributed by atoms with Gasteiger partial charge in [-0.05, 0) is 58.5 Å². The molecule has 3 rings (SSSR count). The first-order valence-electron chi connectivity index (χ1n) is 7.25. The average molecular weight is 238 g/mol. The largest absolute Gasteiger partial charge is 0.375 e. The summed E-state index contributed by atoms with van der Waals surface area (Å²) in [5.41, 5.74) is 0.0757. The fourth-order valence-electron chi connectivity index (χ4n) is 3.85. The first-order valence-corrected chi connectivity index (χ1v) is 7.25. The first kappa shape index (κ1) is 11.9. The number of hydrogen-bond acceptors (Lipinski definition) is 3. The first-order chi connectivity index (χ1) is 8.12. The summed E-state index contributed by atoms with van der Waals surface area (Å²) in [4.78, 5) is 2.62. The average Bonchev–Trinajstić information content (AvgIpc) is 2.64. The Balaban J connectivity index is 1.56. The van der Waals surface area contributed by atoms with E-state index < -0.39 is 0 Å². The fourth-order valence-corrected chi connectivity index (χ4v) is 3.85. The summed E-state index contributed by atoms with van der Waals surface area (Å²) in [7, 11) is 0. The molecule has 3 saturated heterocycles. The summed E-state index contributed by atoms with van der Waals surface area (Å²) in [5.74, 6) is 0.912. The van der Waals surface area contributed by atoms with Crippen LogP contribution in [0.1, 0.15) is 39.5 Å². The zero-order valence-corrected chi connectivity index (χ0v) is 11.2. The van der Waals surface area contributed by atoms with Gasteiger partial charge in [-0.25, -0.2) is 0 Å². The molecule has 0 saturated carbocycles. The summed E-state index contributed by atoms with van der Waals surface area (Å²) in [5, 5.41) is 3.93. The van der Waals surface area contributed by atoms with E-state index >= 15 is 0 Å². The van der Waals surface area contributed by atoms with Crippen LogP contribution in [-0.4, -0.2) is 48.8 Å². The van der Waals surface area contributed by atoms with Gasteiger partial charge in [-0.2, -0.15) is 0 Å². The van der Waals surface area contributed by atoms with Crippen molar-refractivity contribution >= 4 is 0 Å². The molecule has 0 aromatic heterocycles. The van der Waals surface area contributed by atoms with Gasteiger partial charge in [0.25, 0.3) is 0 Å². The van der Waals surface area contributed by atoms with Crippen LogP contribution in [0.25, 0.3) is 0 Å². The number of piperidine rings is 1. The van der Waals surface area contributed by atoms with Crippen LogP contribution in [0, 0.1) is 5.92 Å². The third-order valence-electron chi connectivity index (χ3n) is 4.78. The van der Waals surface area contributed by atoms with E-state index in [2.05, 4.69) is 24.1 Å². The van der Waals surface area contributed by atoms with Gasteiger partial charge in [0.05, 0.1) is 5.60 Å². The maximum absolute atomic E-state index is 5.80. The summed E-state index contributed by atoms with van der Waals surface area (Å²) >= 11 is 0. The molecule has 3 heteroatoms. The van der Waals surface area contributed by atoms with Crippen molar-refractivity contribution in [3.63, 3.8) is 0 Å². The van der Waals surface area contributed by atoms with Crippen molar-refractivity contribution in [1.29, 1.82) is 0 Å². The Morgan fingerprint density at radius 3 is 2.82 bits per heavy atom. The minimum Gasteiger partial charge on any atom is -0.375 e. The van der Waals surface area contributed by atoms with Gasteiger partial charge in [0, 0.05) is 25.2 Å². The van der Waals surface area contributed by atoms with Crippen molar-refractivity contribution in [3.8, 4) is 0 Å². The van der Waals surface area contributed by atoms with E-state index in [1.807, 2.05) is 0 Å². The van der Waals surface area contributed by atoms with Crippen molar-refractivity contribution in [1.82, 2.24) is 10.2 Å². The van der Waals surface area contributed by atoms with E-state index in [0.29, 0.717) is 6.04 Å². The van der Waals surface area contributed by atoms with Gasteiger partial charge in [-0.1, -0.05) is 0 Å². The number of nitrogens with zero attached hydrogens (tertiary/aromatic N) is 1. The molecule has 0 amide bonds. The monoisotopic (exact) mass is 238 g/mol. The minimum atomic E-state index is 0.0757. The van der Waals surface area contributed by atoms with Crippen LogP contribution in [0.4, 0.5) is 0 Å². The quantitative estimate of drug-likeness (QED) is 0.791. The van der Waals surface area contributed by atoms with E-state index in [-0.39, 0.29) is 5.60 Å². The zero-order chi connectivity index (χ0) is 11.9. The molecular formula is C14H26N2O. The molecule has 1 N–H and O–H groups in total. The molecule has 98 valence electrons. The number of hydrogen-bond donors (Lipinski definition) is 1. The third kappa shape index (κ3) is 2.67. The molecule has 0 aliphatic carbocycles. The highest BCUT2D eigenvalue weighted by molar-refractivity contribution is 4.94. The van der Waals surface area contributed by atoms with Crippen LogP contribution in [0.5, 0.6) is 0 Å². The van der Waals surface area contributed by atoms with Crippen molar-refractivity contribution in [2.24, 2.45) is 5.92 Å². The maximum Gasteiger partial charge on any atom is 0.0641 e. The van der Waals surface area contributed by atoms with Gasteiger partial charge in [0.2, 0.25) is 0 Å². The van der Waals surface area contributed by atoms with Crippen molar-refractivity contribution < 1.29 is 4.74 Å². The normalized spacial score (nSPS) is 44.8. The van der Waals surface area contributed by atoms with Gasteiger partial charge in [0.1, 0.15) is 0 Å². The lowest BCUT2D eigenvalue weighted by molar-refractivity contribution is -0.0654. The molecule has 4 unspecified atom stereocenters. The van der Waals surface area contributed by atoms with Crippen LogP contribution < -0.4 is 5.32 Å². The van der Waals surface area contributed by atoms with Gasteiger partial charge in [0.15, 0.2) is 0 Å². The van der Waals surface area contributed by atoms with Gasteiger partial charge in [-0.3, -0.25) is 0 Å². The highest BCUT2D eigenvalue weighted by atomic mass is 16.5. The molecule has 17 heavy (non-hydrogen) atoms. The molecular weight excluding hydrogens is 212 g/mol. The van der Waals surface area contributed by atoms with Gasteiger partial charge < -0.3 is 15.0 Å². The van der Waals surface area contributed by atoms with E-state index in [4.69, 9.17) is 4.74 Å². The second kappa shape index (κ2) is 4.52. The molecule has 0 aromatic rings. The van der Waals surface area contributed by atoms with Crippen LogP contribution >= 0.6 is 0 Å². The molecule has 3 nitrogen and oxygen atoms in total. The van der Waals surface area contributed by atoms with Crippen molar-refractivity contribution in [2.75, 3.05) is 26.2 Å². The summed E-state index contributed by atoms with van der Waals surface area (Å²) in [6, 6.07) is 1.45. The highest BCUT2D eigenvalue weighted by Crippen LogP contribution is 2.30. The van der Waals surface area contributed by atoms with E-state index in [1.165, 1.54) is 45.3 Å². The molecule has 2 bridgehead atoms. The second-order valence-electron chi connectivity index (χ2n) is 6.71. The van der Waals surface area contributed by atoms with Crippen molar-refractivity contribution in [3.05, 3.63) is 0 Å². The van der Waals surface area contributed by atoms with E-state index in [0.717, 1.165) is 18.6 Å². The molecule has 3 aliphatic rings.